The number of ether oxygens (including phenoxy) is 2. The van der Waals surface area contributed by atoms with Crippen molar-refractivity contribution < 1.29 is 27.8 Å². The van der Waals surface area contributed by atoms with Gasteiger partial charge in [-0.2, -0.15) is 0 Å². The lowest BCUT2D eigenvalue weighted by atomic mass is 9.73. The molecule has 0 spiro atoms. The van der Waals surface area contributed by atoms with Gasteiger partial charge in [-0.25, -0.2) is 18.4 Å². The van der Waals surface area contributed by atoms with Crippen molar-refractivity contribution in [2.24, 2.45) is 29.6 Å². The van der Waals surface area contributed by atoms with Crippen LogP contribution in [0.2, 0.25) is 0 Å². The Kier molecular flexibility index (Phi) is 9.45. The maximum Gasteiger partial charge on any atom is 0.406 e. The summed E-state index contributed by atoms with van der Waals surface area (Å²) in [5, 5.41) is 8.88. The maximum absolute atomic E-state index is 15.5. The van der Waals surface area contributed by atoms with Crippen LogP contribution in [0.25, 0.3) is 0 Å². The molecule has 7 atom stereocenters. The van der Waals surface area contributed by atoms with Crippen molar-refractivity contribution in [1.82, 2.24) is 20.9 Å². The average Bonchev–Trinajstić information content (AvgIpc) is 3.36. The number of nitrogens with one attached hydrogen (secondary N) is 3. The third-order valence-corrected chi connectivity index (χ3v) is 9.79. The molecule has 0 radical (unpaired) electrons. The fraction of sp³-hybridized carbons (Fsp3) is 0.733. The Balaban J connectivity index is 1.17. The van der Waals surface area contributed by atoms with Crippen LogP contribution in [-0.2, 0) is 16.1 Å². The molecule has 1 saturated heterocycles. The minimum absolute atomic E-state index is 0.00780. The summed E-state index contributed by atoms with van der Waals surface area (Å²) in [7, 11) is 3.37. The van der Waals surface area contributed by atoms with Gasteiger partial charge in [0.05, 0.1) is 13.2 Å². The number of hydrogen-bond acceptors (Lipinski definition) is 5. The molecule has 6 rings (SSSR count). The predicted molar refractivity (Wildman–Crippen MR) is 147 cm³/mol. The number of alkyl carbamates (subject to hydrolysis) is 1. The highest BCUT2D eigenvalue weighted by Crippen LogP contribution is 2.62. The first kappa shape index (κ1) is 29.0. The number of benzene rings is 1. The van der Waals surface area contributed by atoms with Crippen LogP contribution in [0.1, 0.15) is 62.0 Å². The maximum atomic E-state index is 15.5. The molecule has 4 aliphatic carbocycles. The summed E-state index contributed by atoms with van der Waals surface area (Å²) in [5.74, 6) is 2.85. The molecule has 0 aromatic heterocycles. The summed E-state index contributed by atoms with van der Waals surface area (Å²) in [6.45, 7) is 1.61. The van der Waals surface area contributed by atoms with E-state index in [2.05, 4.69) is 16.0 Å². The van der Waals surface area contributed by atoms with Crippen LogP contribution in [0, 0.1) is 41.2 Å². The molecule has 4 bridgehead atoms. The van der Waals surface area contributed by atoms with E-state index < -0.39 is 17.7 Å². The zero-order chi connectivity index (χ0) is 28.2. The molecule has 3 amide bonds. The van der Waals surface area contributed by atoms with Crippen LogP contribution in [0.5, 0.6) is 0 Å². The lowest BCUT2D eigenvalue weighted by Gasteiger charge is -2.37. The standard InChI is InChI=1S/C30H44F2N4O4/c1-33-15-24(14-26-21-9-18-8-20(11-21)25(26)10-18)35-29(37)36-5-3-4-19(16-36)27-13-23(31)12-22(28(27)32)17-39-6-7-40-30(38)34-2/h12-13,18-21,24-26,33H,3-11,14-17H2,1-2H3,(H,34,38)(H,35,37). The van der Waals surface area contributed by atoms with Gasteiger partial charge in [0.2, 0.25) is 0 Å². The Hall–Kier alpha value is -2.46. The number of likely N-dealkylation sites (N-methyl/N-ethyl adjacent to an activating group) is 1. The highest BCUT2D eigenvalue weighted by atomic mass is 19.1. The molecule has 1 aromatic carbocycles. The molecule has 10 heteroatoms. The van der Waals surface area contributed by atoms with Gasteiger partial charge in [0.1, 0.15) is 18.2 Å². The summed E-state index contributed by atoms with van der Waals surface area (Å²) in [5.41, 5.74) is 0.396. The molecule has 1 aromatic rings. The second-order valence-electron chi connectivity index (χ2n) is 12.3. The average molecular weight is 563 g/mol. The second-order valence-corrected chi connectivity index (χ2v) is 12.3. The molecule has 5 fully saturated rings. The highest BCUT2D eigenvalue weighted by molar-refractivity contribution is 5.74. The summed E-state index contributed by atoms with van der Waals surface area (Å²) in [6.07, 6.45) is 7.35. The van der Waals surface area contributed by atoms with Crippen molar-refractivity contribution in [2.75, 3.05) is 46.9 Å². The Morgan fingerprint density at radius 1 is 1.10 bits per heavy atom. The van der Waals surface area contributed by atoms with Crippen molar-refractivity contribution in [3.05, 3.63) is 34.9 Å². The number of urea groups is 1. The predicted octanol–water partition coefficient (Wildman–Crippen LogP) is 4.39. The number of hydrogen-bond donors (Lipinski definition) is 3. The summed E-state index contributed by atoms with van der Waals surface area (Å²) >= 11 is 0. The summed E-state index contributed by atoms with van der Waals surface area (Å²) in [6, 6.07) is 2.32. The van der Waals surface area contributed by atoms with Crippen molar-refractivity contribution >= 4 is 12.1 Å². The Labute approximate surface area is 235 Å². The van der Waals surface area contributed by atoms with E-state index >= 15 is 4.39 Å². The largest absolute Gasteiger partial charge is 0.447 e. The monoisotopic (exact) mass is 562 g/mol. The molecule has 1 heterocycles. The SMILES string of the molecule is CNCC(CC1C2CC3CC(C2)C1C3)NC(=O)N1CCCC(c2cc(F)cc(COCCOC(=O)NC)c2F)C1. The van der Waals surface area contributed by atoms with E-state index in [0.717, 1.165) is 49.1 Å². The molecule has 40 heavy (non-hydrogen) atoms. The third kappa shape index (κ3) is 6.54. The van der Waals surface area contributed by atoms with E-state index in [1.54, 1.807) is 4.90 Å². The van der Waals surface area contributed by atoms with Gasteiger partial charge < -0.3 is 30.3 Å². The number of amides is 3. The number of rotatable bonds is 11. The van der Waals surface area contributed by atoms with Gasteiger partial charge in [-0.1, -0.05) is 0 Å². The van der Waals surface area contributed by atoms with Crippen LogP contribution < -0.4 is 16.0 Å². The Bertz CT molecular complexity index is 1050. The van der Waals surface area contributed by atoms with Gasteiger partial charge in [-0.05, 0) is 99.3 Å². The van der Waals surface area contributed by atoms with Crippen LogP contribution in [-0.4, -0.2) is 70.0 Å². The molecule has 8 nitrogen and oxygen atoms in total. The van der Waals surface area contributed by atoms with Crippen molar-refractivity contribution in [3.8, 4) is 0 Å². The summed E-state index contributed by atoms with van der Waals surface area (Å²) in [4.78, 5) is 26.3. The molecule has 7 unspecified atom stereocenters. The third-order valence-electron chi connectivity index (χ3n) is 9.79. The van der Waals surface area contributed by atoms with E-state index in [1.165, 1.54) is 38.8 Å². The van der Waals surface area contributed by atoms with Gasteiger partial charge >= 0.3 is 12.1 Å². The van der Waals surface area contributed by atoms with Crippen LogP contribution in [0.4, 0.5) is 18.4 Å². The molecule has 222 valence electrons. The quantitative estimate of drug-likeness (QED) is 0.348. The number of nitrogens with zero attached hydrogens (tertiary/aromatic N) is 1. The Morgan fingerprint density at radius 2 is 1.93 bits per heavy atom. The zero-order valence-electron chi connectivity index (χ0n) is 23.7. The van der Waals surface area contributed by atoms with Crippen molar-refractivity contribution in [1.29, 1.82) is 0 Å². The topological polar surface area (TPSA) is 91.9 Å². The van der Waals surface area contributed by atoms with Gasteiger partial charge in [-0.15, -0.1) is 0 Å². The first-order valence-electron chi connectivity index (χ1n) is 15.0. The number of likely N-dealkylation sites (tertiary alicyclic amines) is 1. The molecular formula is C30H44F2N4O4. The van der Waals surface area contributed by atoms with Gasteiger partial charge in [0.25, 0.3) is 0 Å². The number of carbonyl (C=O) groups is 2. The number of halogens is 2. The van der Waals surface area contributed by atoms with Gasteiger partial charge in [0.15, 0.2) is 0 Å². The number of piperidine rings is 1. The highest BCUT2D eigenvalue weighted by Gasteiger charge is 2.53. The van der Waals surface area contributed by atoms with Crippen LogP contribution >= 0.6 is 0 Å². The van der Waals surface area contributed by atoms with E-state index in [9.17, 15) is 14.0 Å². The van der Waals surface area contributed by atoms with Crippen molar-refractivity contribution in [2.45, 2.75) is 63.5 Å². The molecule has 1 aliphatic heterocycles. The summed E-state index contributed by atoms with van der Waals surface area (Å²) < 4.78 is 40.3. The van der Waals surface area contributed by atoms with E-state index in [4.69, 9.17) is 9.47 Å². The first-order chi connectivity index (χ1) is 19.4. The first-order valence-corrected chi connectivity index (χ1v) is 15.0. The minimum atomic E-state index is -0.580. The van der Waals surface area contributed by atoms with Crippen LogP contribution in [0.3, 0.4) is 0 Å². The molecular weight excluding hydrogens is 518 g/mol. The zero-order valence-corrected chi connectivity index (χ0v) is 23.7. The molecule has 5 aliphatic rings. The normalized spacial score (nSPS) is 29.4. The van der Waals surface area contributed by atoms with Gasteiger partial charge in [-0.3, -0.25) is 0 Å². The van der Waals surface area contributed by atoms with Crippen LogP contribution in [0.15, 0.2) is 12.1 Å². The van der Waals surface area contributed by atoms with E-state index in [-0.39, 0.29) is 48.9 Å². The lowest BCUT2D eigenvalue weighted by molar-refractivity contribution is 0.0641. The lowest BCUT2D eigenvalue weighted by Crippen LogP contribution is -2.51. The molecule has 3 N–H and O–H groups in total. The molecule has 4 saturated carbocycles. The van der Waals surface area contributed by atoms with Gasteiger partial charge in [0, 0.05) is 44.2 Å². The minimum Gasteiger partial charge on any atom is -0.447 e. The Morgan fingerprint density at radius 3 is 2.70 bits per heavy atom. The fourth-order valence-corrected chi connectivity index (χ4v) is 8.21. The smallest absolute Gasteiger partial charge is 0.406 e. The number of carbonyl (C=O) groups excluding carboxylic acids is 2. The van der Waals surface area contributed by atoms with E-state index in [1.807, 2.05) is 7.05 Å². The van der Waals surface area contributed by atoms with E-state index in [0.29, 0.717) is 25.4 Å². The van der Waals surface area contributed by atoms with Crippen molar-refractivity contribution in [3.63, 3.8) is 0 Å². The second kappa shape index (κ2) is 13.0. The fourth-order valence-electron chi connectivity index (χ4n) is 8.21.